The van der Waals surface area contributed by atoms with Crippen LogP contribution in [0.4, 0.5) is 0 Å². The van der Waals surface area contributed by atoms with Crippen LogP contribution in [0.1, 0.15) is 45.4 Å². The Kier molecular flexibility index (Phi) is 7.18. The number of hydrogen-bond acceptors (Lipinski definition) is 6. The number of carbonyl (C=O) groups excluding carboxylic acids is 1. The zero-order chi connectivity index (χ0) is 25.2. The second-order valence-corrected chi connectivity index (χ2v) is 10.5. The van der Waals surface area contributed by atoms with Crippen LogP contribution in [0.5, 0.6) is 11.5 Å². The summed E-state index contributed by atoms with van der Waals surface area (Å²) in [5.41, 5.74) is 4.33. The van der Waals surface area contributed by atoms with Crippen LogP contribution in [0.3, 0.4) is 0 Å². The third-order valence-electron chi connectivity index (χ3n) is 5.99. The minimum absolute atomic E-state index is 0.0523. The number of aryl methyl sites for hydroxylation is 2. The summed E-state index contributed by atoms with van der Waals surface area (Å²) in [5.74, 6) is 0.504. The predicted octanol–water partition coefficient (Wildman–Crippen LogP) is 4.28. The van der Waals surface area contributed by atoms with Gasteiger partial charge in [0.05, 0.1) is 23.6 Å². The van der Waals surface area contributed by atoms with Gasteiger partial charge in [0, 0.05) is 24.0 Å². The zero-order valence-electron chi connectivity index (χ0n) is 20.4. The molecule has 0 unspecified atom stereocenters. The van der Waals surface area contributed by atoms with Crippen molar-refractivity contribution in [1.82, 2.24) is 9.29 Å². The summed E-state index contributed by atoms with van der Waals surface area (Å²) in [5, 5.41) is 0. The highest BCUT2D eigenvalue weighted by Gasteiger charge is 2.29. The molecule has 186 valence electrons. The van der Waals surface area contributed by atoms with Crippen molar-refractivity contribution in [2.45, 2.75) is 45.7 Å². The number of benzene rings is 2. The highest BCUT2D eigenvalue weighted by Crippen LogP contribution is 2.34. The molecule has 1 aliphatic heterocycles. The smallest absolute Gasteiger partial charge is 0.340 e. The van der Waals surface area contributed by atoms with Crippen molar-refractivity contribution in [3.05, 3.63) is 76.1 Å². The van der Waals surface area contributed by atoms with Gasteiger partial charge in [-0.25, -0.2) is 13.2 Å². The van der Waals surface area contributed by atoms with Gasteiger partial charge in [0.15, 0.2) is 11.5 Å². The maximum atomic E-state index is 13.9. The van der Waals surface area contributed by atoms with Crippen LogP contribution < -0.4 is 9.47 Å². The summed E-state index contributed by atoms with van der Waals surface area (Å²) in [6.07, 6.45) is 0. The number of esters is 1. The van der Waals surface area contributed by atoms with Gasteiger partial charge < -0.3 is 19.2 Å². The van der Waals surface area contributed by atoms with E-state index in [-0.39, 0.29) is 24.6 Å². The standard InChI is InChI=1S/C26H30N2O6S/c1-5-32-26(29)25-18(3)22(27-19(25)4)16-28(15-20-8-6-17(2)7-9-20)35(30,31)21-10-11-23-24(14-21)34-13-12-33-23/h6-11,14,27H,5,12-13,15-16H2,1-4H3. The lowest BCUT2D eigenvalue weighted by Gasteiger charge is -2.24. The monoisotopic (exact) mass is 498 g/mol. The number of aromatic amines is 1. The van der Waals surface area contributed by atoms with Crippen molar-refractivity contribution >= 4 is 16.0 Å². The van der Waals surface area contributed by atoms with E-state index in [0.717, 1.165) is 11.1 Å². The van der Waals surface area contributed by atoms with Gasteiger partial charge in [0.2, 0.25) is 10.0 Å². The Balaban J connectivity index is 1.72. The molecule has 0 aliphatic carbocycles. The first kappa shape index (κ1) is 24.8. The minimum atomic E-state index is -3.93. The normalized spacial score (nSPS) is 13.2. The van der Waals surface area contributed by atoms with Crippen molar-refractivity contribution in [2.24, 2.45) is 0 Å². The Bertz CT molecular complexity index is 1330. The quantitative estimate of drug-likeness (QED) is 0.466. The van der Waals surface area contributed by atoms with E-state index in [2.05, 4.69) is 4.98 Å². The molecular formula is C26H30N2O6S. The Morgan fingerprint density at radius 1 is 1.00 bits per heavy atom. The molecule has 1 aliphatic rings. The van der Waals surface area contributed by atoms with E-state index in [1.54, 1.807) is 26.8 Å². The average Bonchev–Trinajstić information content (AvgIpc) is 3.12. The van der Waals surface area contributed by atoms with Gasteiger partial charge in [0.1, 0.15) is 13.2 Å². The summed E-state index contributed by atoms with van der Waals surface area (Å²) >= 11 is 0. The third-order valence-corrected chi connectivity index (χ3v) is 7.77. The summed E-state index contributed by atoms with van der Waals surface area (Å²) in [6, 6.07) is 12.4. The first-order valence-corrected chi connectivity index (χ1v) is 12.9. The fourth-order valence-electron chi connectivity index (χ4n) is 4.11. The highest BCUT2D eigenvalue weighted by atomic mass is 32.2. The first-order chi connectivity index (χ1) is 16.7. The van der Waals surface area contributed by atoms with Gasteiger partial charge in [-0.1, -0.05) is 29.8 Å². The molecule has 0 amide bonds. The fraction of sp³-hybridized carbons (Fsp3) is 0.346. The highest BCUT2D eigenvalue weighted by molar-refractivity contribution is 7.89. The lowest BCUT2D eigenvalue weighted by atomic mass is 10.1. The molecule has 8 nitrogen and oxygen atoms in total. The van der Waals surface area contributed by atoms with E-state index >= 15 is 0 Å². The Morgan fingerprint density at radius 3 is 2.37 bits per heavy atom. The Hall–Kier alpha value is -3.30. The number of aromatic nitrogens is 1. The molecule has 0 saturated carbocycles. The number of ether oxygens (including phenoxy) is 3. The zero-order valence-corrected chi connectivity index (χ0v) is 21.2. The number of nitrogens with zero attached hydrogens (tertiary/aromatic N) is 1. The summed E-state index contributed by atoms with van der Waals surface area (Å²) in [4.78, 5) is 15.8. The van der Waals surface area contributed by atoms with Crippen LogP contribution in [0.2, 0.25) is 0 Å². The van der Waals surface area contributed by atoms with E-state index in [0.29, 0.717) is 47.2 Å². The number of hydrogen-bond donors (Lipinski definition) is 1. The number of rotatable bonds is 8. The van der Waals surface area contributed by atoms with Crippen LogP contribution in [-0.2, 0) is 27.8 Å². The largest absolute Gasteiger partial charge is 0.486 e. The molecule has 0 radical (unpaired) electrons. The van der Waals surface area contributed by atoms with Gasteiger partial charge in [-0.05, 0) is 51.0 Å². The van der Waals surface area contributed by atoms with Crippen LogP contribution in [0.15, 0.2) is 47.4 Å². The van der Waals surface area contributed by atoms with Gasteiger partial charge in [-0.15, -0.1) is 0 Å². The van der Waals surface area contributed by atoms with Crippen molar-refractivity contribution < 1.29 is 27.4 Å². The van der Waals surface area contributed by atoms with Crippen LogP contribution in [0.25, 0.3) is 0 Å². The molecule has 9 heteroatoms. The van der Waals surface area contributed by atoms with Crippen LogP contribution in [-0.4, -0.2) is 43.5 Å². The number of sulfonamides is 1. The van der Waals surface area contributed by atoms with E-state index in [1.165, 1.54) is 16.4 Å². The lowest BCUT2D eigenvalue weighted by molar-refractivity contribution is 0.0525. The van der Waals surface area contributed by atoms with Crippen molar-refractivity contribution in [3.8, 4) is 11.5 Å². The van der Waals surface area contributed by atoms with E-state index in [9.17, 15) is 13.2 Å². The first-order valence-electron chi connectivity index (χ1n) is 11.5. The summed E-state index contributed by atoms with van der Waals surface area (Å²) in [6.45, 7) is 8.56. The summed E-state index contributed by atoms with van der Waals surface area (Å²) < 4.78 is 45.5. The van der Waals surface area contributed by atoms with Crippen molar-refractivity contribution in [1.29, 1.82) is 0 Å². The molecule has 35 heavy (non-hydrogen) atoms. The maximum Gasteiger partial charge on any atom is 0.340 e. The molecule has 1 N–H and O–H groups in total. The number of fused-ring (bicyclic) bond motifs is 1. The lowest BCUT2D eigenvalue weighted by Crippen LogP contribution is -2.31. The number of carbonyl (C=O) groups is 1. The molecule has 4 rings (SSSR count). The van der Waals surface area contributed by atoms with Gasteiger partial charge in [-0.2, -0.15) is 4.31 Å². The SMILES string of the molecule is CCOC(=O)c1c(C)[nH]c(CN(Cc2ccc(C)cc2)S(=O)(=O)c2ccc3c(c2)OCCO3)c1C. The molecular weight excluding hydrogens is 468 g/mol. The van der Waals surface area contributed by atoms with Crippen molar-refractivity contribution in [3.63, 3.8) is 0 Å². The number of nitrogens with one attached hydrogen (secondary N) is 1. The molecule has 0 spiro atoms. The topological polar surface area (TPSA) is 97.9 Å². The molecule has 0 saturated heterocycles. The number of H-pyrrole nitrogens is 1. The van der Waals surface area contributed by atoms with Gasteiger partial charge in [-0.3, -0.25) is 0 Å². The van der Waals surface area contributed by atoms with Crippen molar-refractivity contribution in [2.75, 3.05) is 19.8 Å². The van der Waals surface area contributed by atoms with Crippen LogP contribution in [0, 0.1) is 20.8 Å². The van der Waals surface area contributed by atoms with Gasteiger partial charge >= 0.3 is 5.97 Å². The van der Waals surface area contributed by atoms with Crippen LogP contribution >= 0.6 is 0 Å². The summed E-state index contributed by atoms with van der Waals surface area (Å²) in [7, 11) is -3.93. The van der Waals surface area contributed by atoms with E-state index in [4.69, 9.17) is 14.2 Å². The van der Waals surface area contributed by atoms with E-state index in [1.807, 2.05) is 31.2 Å². The van der Waals surface area contributed by atoms with E-state index < -0.39 is 16.0 Å². The maximum absolute atomic E-state index is 13.9. The predicted molar refractivity (Wildman–Crippen MR) is 131 cm³/mol. The fourth-order valence-corrected chi connectivity index (χ4v) is 5.53. The second-order valence-electron chi connectivity index (χ2n) is 8.51. The minimum Gasteiger partial charge on any atom is -0.486 e. The molecule has 0 atom stereocenters. The molecule has 2 heterocycles. The Morgan fingerprint density at radius 2 is 1.69 bits per heavy atom. The second kappa shape index (κ2) is 10.1. The molecule has 0 bridgehead atoms. The molecule has 1 aromatic heterocycles. The Labute approximate surface area is 205 Å². The third kappa shape index (κ3) is 5.21. The van der Waals surface area contributed by atoms with Gasteiger partial charge in [0.25, 0.3) is 0 Å². The molecule has 0 fully saturated rings. The molecule has 2 aromatic carbocycles. The molecule has 3 aromatic rings. The average molecular weight is 499 g/mol.